The first-order chi connectivity index (χ1) is 9.76. The van der Waals surface area contributed by atoms with Crippen LogP contribution < -0.4 is 0 Å². The molecule has 0 unspecified atom stereocenters. The number of nitrogens with zero attached hydrogens (tertiary/aromatic N) is 5. The molecule has 0 spiro atoms. The van der Waals surface area contributed by atoms with Crippen LogP contribution in [0.15, 0.2) is 43.0 Å². The predicted octanol–water partition coefficient (Wildman–Crippen LogP) is 2.86. The van der Waals surface area contributed by atoms with E-state index in [-0.39, 0.29) is 0 Å². The zero-order chi connectivity index (χ0) is 13.9. The summed E-state index contributed by atoms with van der Waals surface area (Å²) in [4.78, 5) is 4.32. The SMILES string of the molecule is CCn1cc(-c2ncnn2Cc2ccc(Cl)cc2)cn1. The molecule has 6 heteroatoms. The molecule has 0 fully saturated rings. The maximum atomic E-state index is 5.89. The summed E-state index contributed by atoms with van der Waals surface area (Å²) in [6, 6.07) is 7.73. The highest BCUT2D eigenvalue weighted by molar-refractivity contribution is 6.30. The maximum Gasteiger partial charge on any atom is 0.161 e. The second-order valence-corrected chi connectivity index (χ2v) is 4.89. The molecule has 2 heterocycles. The lowest BCUT2D eigenvalue weighted by atomic mass is 10.2. The average Bonchev–Trinajstić information content (AvgIpc) is 3.09. The van der Waals surface area contributed by atoms with Gasteiger partial charge in [0.15, 0.2) is 5.82 Å². The smallest absolute Gasteiger partial charge is 0.161 e. The first-order valence-corrected chi connectivity index (χ1v) is 6.79. The van der Waals surface area contributed by atoms with Crippen molar-refractivity contribution in [1.29, 1.82) is 0 Å². The van der Waals surface area contributed by atoms with Gasteiger partial charge in [-0.25, -0.2) is 9.67 Å². The van der Waals surface area contributed by atoms with Gasteiger partial charge in [-0.05, 0) is 24.6 Å². The van der Waals surface area contributed by atoms with Crippen LogP contribution in [0.1, 0.15) is 12.5 Å². The summed E-state index contributed by atoms with van der Waals surface area (Å²) in [5, 5.41) is 9.28. The lowest BCUT2D eigenvalue weighted by molar-refractivity contribution is 0.659. The van der Waals surface area contributed by atoms with Crippen LogP contribution in [0.2, 0.25) is 5.02 Å². The first kappa shape index (κ1) is 12.9. The fourth-order valence-corrected chi connectivity index (χ4v) is 2.14. The van der Waals surface area contributed by atoms with Crippen molar-refractivity contribution in [1.82, 2.24) is 24.5 Å². The molecular formula is C14H14ClN5. The predicted molar refractivity (Wildman–Crippen MR) is 77.5 cm³/mol. The van der Waals surface area contributed by atoms with Gasteiger partial charge in [0, 0.05) is 17.8 Å². The van der Waals surface area contributed by atoms with Crippen LogP contribution in [0.5, 0.6) is 0 Å². The van der Waals surface area contributed by atoms with Crippen molar-refractivity contribution < 1.29 is 0 Å². The number of rotatable bonds is 4. The van der Waals surface area contributed by atoms with E-state index < -0.39 is 0 Å². The Hall–Kier alpha value is -2.14. The molecule has 0 saturated heterocycles. The minimum absolute atomic E-state index is 0.657. The van der Waals surface area contributed by atoms with E-state index in [1.807, 2.05) is 46.0 Å². The number of benzene rings is 1. The maximum absolute atomic E-state index is 5.89. The molecule has 0 aliphatic rings. The van der Waals surface area contributed by atoms with Crippen molar-refractivity contribution in [2.75, 3.05) is 0 Å². The molecule has 20 heavy (non-hydrogen) atoms. The molecule has 1 aromatic carbocycles. The fourth-order valence-electron chi connectivity index (χ4n) is 2.02. The van der Waals surface area contributed by atoms with Gasteiger partial charge in [-0.3, -0.25) is 4.68 Å². The van der Waals surface area contributed by atoms with Gasteiger partial charge in [0.05, 0.1) is 18.3 Å². The van der Waals surface area contributed by atoms with Crippen molar-refractivity contribution in [2.45, 2.75) is 20.0 Å². The molecule has 3 rings (SSSR count). The van der Waals surface area contributed by atoms with Crippen LogP contribution in [0.3, 0.4) is 0 Å². The number of hydrogen-bond donors (Lipinski definition) is 0. The van der Waals surface area contributed by atoms with Gasteiger partial charge in [0.2, 0.25) is 0 Å². The Balaban J connectivity index is 1.88. The number of hydrogen-bond acceptors (Lipinski definition) is 3. The Kier molecular flexibility index (Phi) is 3.52. The molecule has 0 amide bonds. The van der Waals surface area contributed by atoms with Gasteiger partial charge in [-0.2, -0.15) is 10.2 Å². The lowest BCUT2D eigenvalue weighted by Gasteiger charge is -2.05. The molecule has 102 valence electrons. The summed E-state index contributed by atoms with van der Waals surface area (Å²) in [5.74, 6) is 0.819. The Morgan fingerprint density at radius 3 is 2.65 bits per heavy atom. The molecule has 0 atom stereocenters. The summed E-state index contributed by atoms with van der Waals surface area (Å²) in [6.07, 6.45) is 5.35. The molecule has 0 N–H and O–H groups in total. The molecule has 0 aliphatic heterocycles. The highest BCUT2D eigenvalue weighted by Gasteiger charge is 2.10. The summed E-state index contributed by atoms with van der Waals surface area (Å²) in [6.45, 7) is 3.55. The first-order valence-electron chi connectivity index (χ1n) is 6.41. The van der Waals surface area contributed by atoms with Gasteiger partial charge < -0.3 is 0 Å². The van der Waals surface area contributed by atoms with Gasteiger partial charge in [-0.15, -0.1) is 0 Å². The lowest BCUT2D eigenvalue weighted by Crippen LogP contribution is -2.03. The highest BCUT2D eigenvalue weighted by atomic mass is 35.5. The Bertz CT molecular complexity index is 698. The summed E-state index contributed by atoms with van der Waals surface area (Å²) in [7, 11) is 0. The third-order valence-electron chi connectivity index (χ3n) is 3.08. The molecule has 3 aromatic rings. The Morgan fingerprint density at radius 1 is 1.15 bits per heavy atom. The van der Waals surface area contributed by atoms with Crippen molar-refractivity contribution in [3.05, 3.63) is 53.6 Å². The summed E-state index contributed by atoms with van der Waals surface area (Å²) in [5.41, 5.74) is 2.10. The normalized spacial score (nSPS) is 10.9. The van der Waals surface area contributed by atoms with E-state index in [0.29, 0.717) is 6.54 Å². The quantitative estimate of drug-likeness (QED) is 0.741. The number of aryl methyl sites for hydroxylation is 1. The zero-order valence-corrected chi connectivity index (χ0v) is 11.8. The van der Waals surface area contributed by atoms with Crippen LogP contribution in [0.4, 0.5) is 0 Å². The minimum atomic E-state index is 0.657. The van der Waals surface area contributed by atoms with Crippen LogP contribution >= 0.6 is 11.6 Å². The van der Waals surface area contributed by atoms with Crippen LogP contribution in [0.25, 0.3) is 11.4 Å². The van der Waals surface area contributed by atoms with E-state index in [4.69, 9.17) is 11.6 Å². The van der Waals surface area contributed by atoms with Gasteiger partial charge in [0.25, 0.3) is 0 Å². The van der Waals surface area contributed by atoms with Crippen molar-refractivity contribution in [3.63, 3.8) is 0 Å². The monoisotopic (exact) mass is 287 g/mol. The highest BCUT2D eigenvalue weighted by Crippen LogP contribution is 2.17. The van der Waals surface area contributed by atoms with Gasteiger partial charge >= 0.3 is 0 Å². The van der Waals surface area contributed by atoms with Crippen LogP contribution in [0, 0.1) is 0 Å². The van der Waals surface area contributed by atoms with Crippen LogP contribution in [-0.2, 0) is 13.1 Å². The molecule has 0 aliphatic carbocycles. The van der Waals surface area contributed by atoms with E-state index in [1.54, 1.807) is 6.33 Å². The minimum Gasteiger partial charge on any atom is -0.272 e. The number of aromatic nitrogens is 5. The van der Waals surface area contributed by atoms with Crippen molar-refractivity contribution in [3.8, 4) is 11.4 Å². The molecule has 0 bridgehead atoms. The van der Waals surface area contributed by atoms with E-state index in [2.05, 4.69) is 22.1 Å². The van der Waals surface area contributed by atoms with Gasteiger partial charge in [0.1, 0.15) is 6.33 Å². The third kappa shape index (κ3) is 2.58. The standard InChI is InChI=1S/C14H14ClN5/c1-2-19-9-12(7-17-19)14-16-10-18-20(14)8-11-3-5-13(15)6-4-11/h3-7,9-10H,2,8H2,1H3. The number of halogens is 1. The fraction of sp³-hybridized carbons (Fsp3) is 0.214. The molecule has 2 aromatic heterocycles. The third-order valence-corrected chi connectivity index (χ3v) is 3.33. The van der Waals surface area contributed by atoms with E-state index in [9.17, 15) is 0 Å². The summed E-state index contributed by atoms with van der Waals surface area (Å²) < 4.78 is 3.73. The summed E-state index contributed by atoms with van der Waals surface area (Å²) >= 11 is 5.89. The van der Waals surface area contributed by atoms with E-state index in [1.165, 1.54) is 0 Å². The van der Waals surface area contributed by atoms with E-state index >= 15 is 0 Å². The molecular weight excluding hydrogens is 274 g/mol. The van der Waals surface area contributed by atoms with Crippen LogP contribution in [-0.4, -0.2) is 24.5 Å². The van der Waals surface area contributed by atoms with Crippen molar-refractivity contribution >= 4 is 11.6 Å². The van der Waals surface area contributed by atoms with Crippen molar-refractivity contribution in [2.24, 2.45) is 0 Å². The molecule has 5 nitrogen and oxygen atoms in total. The van der Waals surface area contributed by atoms with E-state index in [0.717, 1.165) is 28.5 Å². The molecule has 0 radical (unpaired) electrons. The Morgan fingerprint density at radius 2 is 1.95 bits per heavy atom. The average molecular weight is 288 g/mol. The second-order valence-electron chi connectivity index (χ2n) is 4.45. The Labute approximate surface area is 121 Å². The van der Waals surface area contributed by atoms with Gasteiger partial charge in [-0.1, -0.05) is 23.7 Å². The second kappa shape index (κ2) is 5.46. The zero-order valence-electron chi connectivity index (χ0n) is 11.1. The molecule has 0 saturated carbocycles. The topological polar surface area (TPSA) is 48.5 Å². The largest absolute Gasteiger partial charge is 0.272 e.